The number of anilines is 1. The van der Waals surface area contributed by atoms with E-state index in [0.29, 0.717) is 6.42 Å². The molecule has 4 nitrogen and oxygen atoms in total. The van der Waals surface area contributed by atoms with Crippen LogP contribution in [0, 0.1) is 5.82 Å². The number of unbranched alkanes of at least 4 members (excludes halogenated alkanes) is 6. The molecule has 0 aromatic heterocycles. The number of halogens is 1. The Morgan fingerprint density at radius 2 is 1.70 bits per heavy atom. The molecule has 23 heavy (non-hydrogen) atoms. The second-order valence-electron chi connectivity index (χ2n) is 5.77. The van der Waals surface area contributed by atoms with Crippen molar-refractivity contribution in [3.05, 3.63) is 24.0 Å². The van der Waals surface area contributed by atoms with E-state index in [1.54, 1.807) is 0 Å². The third kappa shape index (κ3) is 7.12. The first-order valence-corrected chi connectivity index (χ1v) is 9.82. The molecule has 0 aliphatic heterocycles. The maximum Gasteiger partial charge on any atom is 0.221 e. The van der Waals surface area contributed by atoms with Crippen LogP contribution in [0.15, 0.2) is 23.1 Å². The lowest BCUT2D eigenvalue weighted by atomic mass is 10.1. The van der Waals surface area contributed by atoms with Crippen molar-refractivity contribution in [1.82, 2.24) is 0 Å². The summed E-state index contributed by atoms with van der Waals surface area (Å²) in [7, 11) is -3.62. The van der Waals surface area contributed by atoms with Crippen molar-refractivity contribution in [2.24, 2.45) is 0 Å². The van der Waals surface area contributed by atoms with Crippen molar-refractivity contribution >= 4 is 21.4 Å². The van der Waals surface area contributed by atoms with Crippen LogP contribution in [-0.4, -0.2) is 20.1 Å². The fourth-order valence-electron chi connectivity index (χ4n) is 2.39. The molecule has 0 unspecified atom stereocenters. The van der Waals surface area contributed by atoms with Gasteiger partial charge in [0.1, 0.15) is 10.7 Å². The van der Waals surface area contributed by atoms with Gasteiger partial charge in [-0.15, -0.1) is 0 Å². The van der Waals surface area contributed by atoms with E-state index < -0.39 is 15.7 Å². The van der Waals surface area contributed by atoms with E-state index in [9.17, 15) is 17.6 Å². The molecule has 0 atom stereocenters. The number of hydrogen-bond donors (Lipinski definition) is 1. The first-order valence-electron chi connectivity index (χ1n) is 8.16. The van der Waals surface area contributed by atoms with Gasteiger partial charge in [-0.05, 0) is 24.6 Å². The molecular weight excluding hydrogens is 317 g/mol. The molecule has 1 amide bonds. The van der Waals surface area contributed by atoms with Gasteiger partial charge in [-0.25, -0.2) is 12.8 Å². The van der Waals surface area contributed by atoms with Crippen LogP contribution in [0.3, 0.4) is 0 Å². The molecule has 0 spiro atoms. The SMILES string of the molecule is CCCCCCCCCS(=O)(=O)c1ccc(NC(C)=O)cc1F. The highest BCUT2D eigenvalue weighted by atomic mass is 32.2. The smallest absolute Gasteiger partial charge is 0.221 e. The number of nitrogens with one attached hydrogen (secondary N) is 1. The van der Waals surface area contributed by atoms with Crippen molar-refractivity contribution in [3.63, 3.8) is 0 Å². The van der Waals surface area contributed by atoms with Gasteiger partial charge in [-0.3, -0.25) is 4.79 Å². The van der Waals surface area contributed by atoms with Crippen molar-refractivity contribution in [2.45, 2.75) is 63.7 Å². The lowest BCUT2D eigenvalue weighted by Gasteiger charge is -2.08. The van der Waals surface area contributed by atoms with Gasteiger partial charge in [0.25, 0.3) is 0 Å². The Morgan fingerprint density at radius 3 is 2.26 bits per heavy atom. The summed E-state index contributed by atoms with van der Waals surface area (Å²) in [5, 5.41) is 2.43. The summed E-state index contributed by atoms with van der Waals surface area (Å²) in [4.78, 5) is 10.6. The molecule has 0 heterocycles. The number of benzene rings is 1. The molecule has 0 aliphatic carbocycles. The van der Waals surface area contributed by atoms with Gasteiger partial charge in [0.05, 0.1) is 5.75 Å². The Morgan fingerprint density at radius 1 is 1.09 bits per heavy atom. The average molecular weight is 343 g/mol. The van der Waals surface area contributed by atoms with Crippen LogP contribution in [0.1, 0.15) is 58.8 Å². The van der Waals surface area contributed by atoms with Crippen LogP contribution in [0.2, 0.25) is 0 Å². The zero-order chi connectivity index (χ0) is 17.3. The van der Waals surface area contributed by atoms with Crippen molar-refractivity contribution in [3.8, 4) is 0 Å². The second-order valence-corrected chi connectivity index (χ2v) is 7.84. The third-order valence-corrected chi connectivity index (χ3v) is 5.43. The summed E-state index contributed by atoms with van der Waals surface area (Å²) in [6.45, 7) is 3.46. The number of hydrogen-bond acceptors (Lipinski definition) is 3. The second kappa shape index (κ2) is 9.65. The zero-order valence-electron chi connectivity index (χ0n) is 13.9. The van der Waals surface area contributed by atoms with E-state index in [2.05, 4.69) is 12.2 Å². The van der Waals surface area contributed by atoms with Crippen LogP contribution in [0.5, 0.6) is 0 Å². The lowest BCUT2D eigenvalue weighted by Crippen LogP contribution is -2.11. The summed E-state index contributed by atoms with van der Waals surface area (Å²) in [5.41, 5.74) is 0.255. The maximum atomic E-state index is 14.0. The lowest BCUT2D eigenvalue weighted by molar-refractivity contribution is -0.114. The monoisotopic (exact) mass is 343 g/mol. The minimum Gasteiger partial charge on any atom is -0.326 e. The van der Waals surface area contributed by atoms with E-state index in [4.69, 9.17) is 0 Å². The van der Waals surface area contributed by atoms with Crippen LogP contribution in [0.25, 0.3) is 0 Å². The highest BCUT2D eigenvalue weighted by molar-refractivity contribution is 7.91. The van der Waals surface area contributed by atoms with Crippen LogP contribution < -0.4 is 5.32 Å². The van der Waals surface area contributed by atoms with E-state index in [0.717, 1.165) is 25.3 Å². The number of carbonyl (C=O) groups excluding carboxylic acids is 1. The minimum absolute atomic E-state index is 0.0445. The van der Waals surface area contributed by atoms with Crippen LogP contribution >= 0.6 is 0 Å². The standard InChI is InChI=1S/C17H26FNO3S/c1-3-4-5-6-7-8-9-12-23(21,22)17-11-10-15(13-16(17)18)19-14(2)20/h10-11,13H,3-9,12H2,1-2H3,(H,19,20). The minimum atomic E-state index is -3.62. The molecule has 1 rings (SSSR count). The third-order valence-electron chi connectivity index (χ3n) is 3.60. The molecule has 0 aliphatic rings. The highest BCUT2D eigenvalue weighted by Crippen LogP contribution is 2.21. The van der Waals surface area contributed by atoms with E-state index in [-0.39, 0.29) is 22.2 Å². The molecule has 0 bridgehead atoms. The molecule has 1 aromatic rings. The number of sulfone groups is 1. The molecule has 130 valence electrons. The molecule has 0 saturated carbocycles. The number of rotatable bonds is 10. The van der Waals surface area contributed by atoms with Gasteiger partial charge in [0.15, 0.2) is 9.84 Å². The Hall–Kier alpha value is -1.43. The Bertz CT molecular complexity index is 614. The molecular formula is C17H26FNO3S. The quantitative estimate of drug-likeness (QED) is 0.644. The molecule has 0 fully saturated rings. The molecule has 1 aromatic carbocycles. The Balaban J connectivity index is 2.54. The molecule has 6 heteroatoms. The van der Waals surface area contributed by atoms with Gasteiger partial charge < -0.3 is 5.32 Å². The highest BCUT2D eigenvalue weighted by Gasteiger charge is 2.19. The maximum absolute atomic E-state index is 14.0. The Labute approximate surface area is 138 Å². The van der Waals surface area contributed by atoms with Crippen LogP contribution in [-0.2, 0) is 14.6 Å². The first-order chi connectivity index (χ1) is 10.9. The molecule has 0 saturated heterocycles. The largest absolute Gasteiger partial charge is 0.326 e. The summed E-state index contributed by atoms with van der Waals surface area (Å²) >= 11 is 0. The van der Waals surface area contributed by atoms with Crippen molar-refractivity contribution in [2.75, 3.05) is 11.1 Å². The van der Waals surface area contributed by atoms with E-state index in [1.165, 1.54) is 38.3 Å². The summed E-state index contributed by atoms with van der Waals surface area (Å²) in [6.07, 6.45) is 7.10. The van der Waals surface area contributed by atoms with Crippen LogP contribution in [0.4, 0.5) is 10.1 Å². The first kappa shape index (κ1) is 19.6. The predicted octanol–water partition coefficient (Wildman–Crippen LogP) is 4.31. The normalized spacial score (nSPS) is 11.4. The Kier molecular flexibility index (Phi) is 8.23. The summed E-state index contributed by atoms with van der Waals surface area (Å²) in [6, 6.07) is 3.67. The van der Waals surface area contributed by atoms with Crippen molar-refractivity contribution < 1.29 is 17.6 Å². The van der Waals surface area contributed by atoms with Gasteiger partial charge >= 0.3 is 0 Å². The number of amides is 1. The fraction of sp³-hybridized carbons (Fsp3) is 0.588. The topological polar surface area (TPSA) is 63.2 Å². The summed E-state index contributed by atoms with van der Waals surface area (Å²) < 4.78 is 38.4. The van der Waals surface area contributed by atoms with E-state index in [1.807, 2.05) is 0 Å². The zero-order valence-corrected chi connectivity index (χ0v) is 14.7. The molecule has 1 N–H and O–H groups in total. The fourth-order valence-corrected chi connectivity index (χ4v) is 3.83. The van der Waals surface area contributed by atoms with Gasteiger partial charge in [0, 0.05) is 12.6 Å². The average Bonchev–Trinajstić information content (AvgIpc) is 2.45. The van der Waals surface area contributed by atoms with E-state index >= 15 is 0 Å². The van der Waals surface area contributed by atoms with Gasteiger partial charge in [0.2, 0.25) is 5.91 Å². The van der Waals surface area contributed by atoms with Gasteiger partial charge in [-0.2, -0.15) is 0 Å². The predicted molar refractivity (Wildman–Crippen MR) is 90.7 cm³/mol. The van der Waals surface area contributed by atoms with Crippen molar-refractivity contribution in [1.29, 1.82) is 0 Å². The number of carbonyl (C=O) groups is 1. The summed E-state index contributed by atoms with van der Waals surface area (Å²) in [5.74, 6) is -1.20. The molecule has 0 radical (unpaired) electrons. The van der Waals surface area contributed by atoms with Gasteiger partial charge in [-0.1, -0.05) is 45.4 Å².